The van der Waals surface area contributed by atoms with Crippen LogP contribution in [-0.2, 0) is 25.4 Å². The van der Waals surface area contributed by atoms with E-state index < -0.39 is 60.4 Å². The molecule has 2 aromatic carbocycles. The number of carbonyl (C=O) groups excluding carboxylic acids is 3. The van der Waals surface area contributed by atoms with Gasteiger partial charge in [-0.1, -0.05) is 23.5 Å². The monoisotopic (exact) mass is 689 g/mol. The summed E-state index contributed by atoms with van der Waals surface area (Å²) in [5.41, 5.74) is -0.180. The number of benzene rings is 2. The van der Waals surface area contributed by atoms with Crippen molar-refractivity contribution >= 4 is 52.5 Å². The molecule has 3 amide bonds. The van der Waals surface area contributed by atoms with Crippen LogP contribution in [0.5, 0.6) is 11.5 Å². The first kappa shape index (κ1) is 31.3. The normalized spacial score (nSPS) is 27.3. The molecule has 1 saturated heterocycles. The van der Waals surface area contributed by atoms with Gasteiger partial charge in [0.2, 0.25) is 11.8 Å². The van der Waals surface area contributed by atoms with E-state index in [0.717, 1.165) is 38.8 Å². The molecule has 0 spiro atoms. The summed E-state index contributed by atoms with van der Waals surface area (Å²) in [5.74, 6) is -4.48. The van der Waals surface area contributed by atoms with Gasteiger partial charge in [0.1, 0.15) is 6.54 Å². The number of anilines is 1. The minimum absolute atomic E-state index is 0.0385. The summed E-state index contributed by atoms with van der Waals surface area (Å²) in [6.07, 6.45) is -3.93. The molecular weight excluding hydrogens is 663 g/mol. The zero-order valence-electron chi connectivity index (χ0n) is 24.4. The fraction of sp³-hybridized carbons (Fsp3) is 0.387. The van der Waals surface area contributed by atoms with Crippen molar-refractivity contribution in [3.05, 3.63) is 68.1 Å². The zero-order chi connectivity index (χ0) is 33.4. The van der Waals surface area contributed by atoms with Gasteiger partial charge in [-0.2, -0.15) is 13.2 Å². The third-order valence-electron chi connectivity index (χ3n) is 9.49. The molecule has 2 aliphatic heterocycles. The van der Waals surface area contributed by atoms with Crippen LogP contribution < -0.4 is 19.7 Å². The third-order valence-corrected chi connectivity index (χ3v) is 12.1. The number of ether oxygens (including phenoxy) is 2. The average molecular weight is 690 g/mol. The summed E-state index contributed by atoms with van der Waals surface area (Å²) >= 11 is 2.57. The number of halogens is 3. The van der Waals surface area contributed by atoms with E-state index in [1.165, 1.54) is 31.0 Å². The number of nitrogens with zero attached hydrogens (tertiary/aromatic N) is 1. The largest absolute Gasteiger partial charge is 0.493 e. The number of aromatic nitrogens is 1. The lowest BCUT2D eigenvalue weighted by molar-refractivity contribution is -0.149. The number of fused-ring (bicyclic) bond motifs is 9. The van der Waals surface area contributed by atoms with Crippen LogP contribution in [0.15, 0.2) is 52.3 Å². The summed E-state index contributed by atoms with van der Waals surface area (Å²) in [6.45, 7) is -1.19. The molecule has 2 saturated carbocycles. The van der Waals surface area contributed by atoms with Crippen molar-refractivity contribution in [2.45, 2.75) is 28.8 Å². The first-order valence-corrected chi connectivity index (χ1v) is 16.3. The van der Waals surface area contributed by atoms with E-state index in [2.05, 4.69) is 10.3 Å². The fourth-order valence-corrected chi connectivity index (χ4v) is 10.7. The number of likely N-dealkylation sites (tertiary alicyclic amines) is 1. The van der Waals surface area contributed by atoms with Crippen molar-refractivity contribution in [2.75, 3.05) is 25.6 Å². The number of alkyl halides is 3. The molecule has 3 aromatic rings. The van der Waals surface area contributed by atoms with Crippen LogP contribution in [0.3, 0.4) is 0 Å². The predicted molar refractivity (Wildman–Crippen MR) is 161 cm³/mol. The highest BCUT2D eigenvalue weighted by molar-refractivity contribution is 8.00. The number of carboxylic acid groups (broad SMARTS) is 1. The maximum absolute atomic E-state index is 13.4. The lowest BCUT2D eigenvalue weighted by Gasteiger charge is -2.43. The molecule has 11 nitrogen and oxygen atoms in total. The summed E-state index contributed by atoms with van der Waals surface area (Å²) in [4.78, 5) is 67.5. The van der Waals surface area contributed by atoms with E-state index in [-0.39, 0.29) is 51.0 Å². The maximum atomic E-state index is 13.4. The predicted octanol–water partition coefficient (Wildman–Crippen LogP) is 4.04. The van der Waals surface area contributed by atoms with Crippen LogP contribution in [0.1, 0.15) is 28.3 Å². The molecule has 7 rings (SSSR count). The number of hydrogen-bond donors (Lipinski definition) is 3. The van der Waals surface area contributed by atoms with Crippen LogP contribution >= 0.6 is 23.1 Å². The van der Waals surface area contributed by atoms with E-state index >= 15 is 0 Å². The van der Waals surface area contributed by atoms with Crippen LogP contribution in [0.2, 0.25) is 0 Å². The summed E-state index contributed by atoms with van der Waals surface area (Å²) in [5, 5.41) is 12.3. The highest BCUT2D eigenvalue weighted by atomic mass is 32.2. The Hall–Kier alpha value is -4.31. The lowest BCUT2D eigenvalue weighted by atomic mass is 9.68. The molecule has 2 bridgehead atoms. The average Bonchev–Trinajstić information content (AvgIpc) is 3.75. The van der Waals surface area contributed by atoms with E-state index in [0.29, 0.717) is 11.4 Å². The van der Waals surface area contributed by atoms with Crippen molar-refractivity contribution in [3.63, 3.8) is 0 Å². The number of aromatic amines is 1. The van der Waals surface area contributed by atoms with E-state index in [9.17, 15) is 42.3 Å². The van der Waals surface area contributed by atoms with Gasteiger partial charge in [0.15, 0.2) is 18.1 Å². The Bertz CT molecular complexity index is 1880. The van der Waals surface area contributed by atoms with Crippen LogP contribution in [0, 0.1) is 29.6 Å². The Morgan fingerprint density at radius 3 is 2.51 bits per heavy atom. The van der Waals surface area contributed by atoms with Crippen molar-refractivity contribution in [2.24, 2.45) is 29.6 Å². The van der Waals surface area contributed by atoms with Gasteiger partial charge in [-0.25, -0.2) is 0 Å². The van der Waals surface area contributed by atoms with Gasteiger partial charge in [-0.3, -0.25) is 28.9 Å². The van der Waals surface area contributed by atoms with Gasteiger partial charge < -0.3 is 24.9 Å². The summed E-state index contributed by atoms with van der Waals surface area (Å²) in [6, 6.07) is 9.34. The Labute approximate surface area is 272 Å². The molecule has 7 atom stereocenters. The topological polar surface area (TPSA) is 155 Å². The zero-order valence-corrected chi connectivity index (χ0v) is 26.0. The van der Waals surface area contributed by atoms with E-state index in [4.69, 9.17) is 9.47 Å². The molecule has 1 aromatic heterocycles. The van der Waals surface area contributed by atoms with Gasteiger partial charge >= 0.3 is 17.0 Å². The molecule has 4 aliphatic rings. The first-order chi connectivity index (χ1) is 22.3. The molecule has 0 radical (unpaired) electrons. The van der Waals surface area contributed by atoms with Crippen LogP contribution in [-0.4, -0.2) is 64.2 Å². The Morgan fingerprint density at radius 1 is 1.06 bits per heavy atom. The number of aliphatic carboxylic acids is 1. The minimum atomic E-state index is -4.56. The Morgan fingerprint density at radius 2 is 1.81 bits per heavy atom. The fourth-order valence-electron chi connectivity index (χ4n) is 7.85. The molecule has 47 heavy (non-hydrogen) atoms. The lowest BCUT2D eigenvalue weighted by Crippen LogP contribution is -2.42. The number of methoxy groups -OCH3 is 1. The van der Waals surface area contributed by atoms with Gasteiger partial charge in [-0.05, 0) is 60.1 Å². The molecule has 3 N–H and O–H groups in total. The number of carbonyl (C=O) groups is 4. The second kappa shape index (κ2) is 11.4. The number of carboxylic acids is 1. The SMILES string of the molecule is COc1cc([C@H]2c3sc(=O)[nH]c3SC3C4CC(C5C(=O)N(CC(=O)O)C(=O)C45)C32)ccc1OCC(=O)Nc1cccc(C(F)(F)F)c1. The molecular formula is C31H26F3N3O8S2. The number of amides is 3. The number of thioether (sulfide) groups is 1. The van der Waals surface area contributed by atoms with Crippen LogP contribution in [0.25, 0.3) is 0 Å². The molecule has 3 fully saturated rings. The number of imide groups is 1. The second-order valence-electron chi connectivity index (χ2n) is 11.9. The number of H-pyrrole nitrogens is 1. The Kier molecular flexibility index (Phi) is 7.62. The standard InChI is InChI=1S/C31H26F3N3O8S2/c1-44-18-7-12(5-6-17(18)45-11-19(38)35-14-4-2-3-13(8-14)31(32,33)34)21-22-15-9-16(25(22)46-27-26(21)47-30(43)36-27)24-23(15)28(41)37(29(24)42)10-20(39)40/h2-8,15-16,21-25H,9-11H2,1H3,(H,35,38)(H,36,43)(H,39,40)/t15?,16?,21-,22?,23?,24?,25?/m1/s1. The highest BCUT2D eigenvalue weighted by Crippen LogP contribution is 2.68. The molecule has 3 heterocycles. The maximum Gasteiger partial charge on any atom is 0.416 e. The summed E-state index contributed by atoms with van der Waals surface area (Å²) < 4.78 is 50.4. The van der Waals surface area contributed by atoms with Crippen molar-refractivity contribution in [3.8, 4) is 11.5 Å². The molecule has 6 unspecified atom stereocenters. The first-order valence-electron chi connectivity index (χ1n) is 14.6. The van der Waals surface area contributed by atoms with E-state index in [1.54, 1.807) is 18.2 Å². The number of rotatable bonds is 8. The van der Waals surface area contributed by atoms with Crippen molar-refractivity contribution in [1.29, 1.82) is 0 Å². The second-order valence-corrected chi connectivity index (χ2v) is 14.1. The van der Waals surface area contributed by atoms with Crippen LogP contribution in [0.4, 0.5) is 18.9 Å². The van der Waals surface area contributed by atoms with E-state index in [1.807, 2.05) is 0 Å². The van der Waals surface area contributed by atoms with Crippen molar-refractivity contribution in [1.82, 2.24) is 9.88 Å². The molecule has 16 heteroatoms. The number of hydrogen-bond acceptors (Lipinski definition) is 9. The van der Waals surface area contributed by atoms with Gasteiger partial charge in [0.05, 0.1) is 29.5 Å². The number of nitrogens with one attached hydrogen (secondary N) is 2. The quantitative estimate of drug-likeness (QED) is 0.297. The number of thiazole rings is 1. The van der Waals surface area contributed by atoms with Gasteiger partial charge in [0, 0.05) is 21.7 Å². The van der Waals surface area contributed by atoms with Gasteiger partial charge in [0.25, 0.3) is 5.91 Å². The third kappa shape index (κ3) is 5.26. The highest BCUT2D eigenvalue weighted by Gasteiger charge is 2.69. The smallest absolute Gasteiger partial charge is 0.416 e. The minimum Gasteiger partial charge on any atom is -0.493 e. The molecule has 2 aliphatic carbocycles. The summed E-state index contributed by atoms with van der Waals surface area (Å²) in [7, 11) is 1.41. The van der Waals surface area contributed by atoms with Crippen molar-refractivity contribution < 1.29 is 46.9 Å². The van der Waals surface area contributed by atoms with Gasteiger partial charge in [-0.15, -0.1) is 11.8 Å². The Balaban J connectivity index is 1.14. The molecule has 246 valence electrons.